The molecule has 1 N–H and O–H groups in total. The van der Waals surface area contributed by atoms with Gasteiger partial charge in [-0.1, -0.05) is 23.7 Å². The van der Waals surface area contributed by atoms with Crippen LogP contribution in [0.15, 0.2) is 47.5 Å². The van der Waals surface area contributed by atoms with Gasteiger partial charge in [-0.2, -0.15) is 18.3 Å². The van der Waals surface area contributed by atoms with Crippen LogP contribution in [-0.4, -0.2) is 51.1 Å². The lowest BCUT2D eigenvalue weighted by atomic mass is 10.1. The molecule has 0 bridgehead atoms. The van der Waals surface area contributed by atoms with Crippen molar-refractivity contribution in [2.75, 3.05) is 13.1 Å². The van der Waals surface area contributed by atoms with Gasteiger partial charge in [0.15, 0.2) is 0 Å². The lowest BCUT2D eigenvalue weighted by molar-refractivity contribution is -0.138. The minimum Gasteiger partial charge on any atom is -0.312 e. The first-order chi connectivity index (χ1) is 16.6. The van der Waals surface area contributed by atoms with Gasteiger partial charge in [-0.25, -0.2) is 4.39 Å². The fraction of sp³-hybridized carbons (Fsp3) is 0.261. The standard InChI is InChI=1S/C23H17ClF4N4O2S/c24-15-3-2-13(16(7-15)23(26,27)28)11-31-18-4-1-12(5-14(18)8-30-31)6-20-21(33)32(22(34)35-20)19-10-29-9-17(19)25/h1-8,17,19,29H,9-11H2/t17-,19-/m0/s1. The predicted octanol–water partition coefficient (Wildman–Crippen LogP) is 5.10. The van der Waals surface area contributed by atoms with Gasteiger partial charge >= 0.3 is 6.18 Å². The highest BCUT2D eigenvalue weighted by Crippen LogP contribution is 2.36. The van der Waals surface area contributed by atoms with Crippen molar-refractivity contribution in [2.45, 2.75) is 24.9 Å². The molecule has 35 heavy (non-hydrogen) atoms. The van der Waals surface area contributed by atoms with E-state index >= 15 is 0 Å². The third kappa shape index (κ3) is 4.55. The number of amides is 2. The Morgan fingerprint density at radius 1 is 1.17 bits per heavy atom. The highest BCUT2D eigenvalue weighted by Gasteiger charge is 2.44. The maximum Gasteiger partial charge on any atom is 0.416 e. The number of aromatic nitrogens is 2. The molecule has 0 unspecified atom stereocenters. The van der Waals surface area contributed by atoms with Gasteiger partial charge in [0, 0.05) is 23.5 Å². The van der Waals surface area contributed by atoms with Crippen LogP contribution in [0.5, 0.6) is 0 Å². The molecule has 3 aromatic rings. The van der Waals surface area contributed by atoms with Gasteiger partial charge in [0.2, 0.25) is 0 Å². The van der Waals surface area contributed by atoms with Crippen LogP contribution in [-0.2, 0) is 17.5 Å². The molecule has 0 saturated carbocycles. The smallest absolute Gasteiger partial charge is 0.312 e. The van der Waals surface area contributed by atoms with Crippen LogP contribution in [0.2, 0.25) is 5.02 Å². The number of hydrogen-bond acceptors (Lipinski definition) is 5. The Bertz CT molecular complexity index is 1370. The molecular weight excluding hydrogens is 508 g/mol. The number of rotatable bonds is 4. The Kier molecular flexibility index (Phi) is 6.10. The predicted molar refractivity (Wildman–Crippen MR) is 125 cm³/mol. The minimum atomic E-state index is -4.56. The SMILES string of the molecule is O=C1SC(=Cc2ccc3c(cnn3Cc3ccc(Cl)cc3C(F)(F)F)c2)C(=O)N1[C@H]1CNC[C@@H]1F. The molecule has 0 aliphatic carbocycles. The Morgan fingerprint density at radius 3 is 2.69 bits per heavy atom. The van der Waals surface area contributed by atoms with Crippen molar-refractivity contribution < 1.29 is 27.2 Å². The summed E-state index contributed by atoms with van der Waals surface area (Å²) in [7, 11) is 0. The van der Waals surface area contributed by atoms with Crippen LogP contribution in [0.1, 0.15) is 16.7 Å². The topological polar surface area (TPSA) is 67.2 Å². The van der Waals surface area contributed by atoms with E-state index in [9.17, 15) is 27.2 Å². The monoisotopic (exact) mass is 524 g/mol. The average molecular weight is 525 g/mol. The van der Waals surface area contributed by atoms with Gasteiger partial charge in [0.05, 0.1) is 34.8 Å². The molecule has 0 spiro atoms. The van der Waals surface area contributed by atoms with Crippen molar-refractivity contribution in [1.29, 1.82) is 0 Å². The number of imide groups is 1. The van der Waals surface area contributed by atoms with Crippen LogP contribution >= 0.6 is 23.4 Å². The number of fused-ring (bicyclic) bond motifs is 1. The molecule has 0 radical (unpaired) electrons. The molecule has 12 heteroatoms. The van der Waals surface area contributed by atoms with E-state index < -0.39 is 35.1 Å². The number of alkyl halides is 4. The second kappa shape index (κ2) is 8.96. The normalized spacial score (nSPS) is 22.2. The lowest BCUT2D eigenvalue weighted by Gasteiger charge is -2.21. The van der Waals surface area contributed by atoms with E-state index in [1.165, 1.54) is 29.1 Å². The first-order valence-corrected chi connectivity index (χ1v) is 11.7. The quantitative estimate of drug-likeness (QED) is 0.380. The van der Waals surface area contributed by atoms with Gasteiger partial charge in [0.25, 0.3) is 11.1 Å². The molecule has 2 saturated heterocycles. The fourth-order valence-corrected chi connectivity index (χ4v) is 5.29. The Hall–Kier alpha value is -2.89. The minimum absolute atomic E-state index is 0.00770. The molecule has 2 aliphatic heterocycles. The summed E-state index contributed by atoms with van der Waals surface area (Å²) in [6, 6.07) is 7.86. The molecule has 2 fully saturated rings. The van der Waals surface area contributed by atoms with Crippen molar-refractivity contribution in [3.63, 3.8) is 0 Å². The molecule has 3 heterocycles. The van der Waals surface area contributed by atoms with Crippen LogP contribution in [0.4, 0.5) is 22.4 Å². The Balaban J connectivity index is 1.41. The van der Waals surface area contributed by atoms with Crippen LogP contribution in [0.3, 0.4) is 0 Å². The van der Waals surface area contributed by atoms with Gasteiger partial charge in [-0.05, 0) is 53.2 Å². The van der Waals surface area contributed by atoms with E-state index in [1.807, 2.05) is 0 Å². The molecule has 6 nitrogen and oxygen atoms in total. The van der Waals surface area contributed by atoms with E-state index in [0.717, 1.165) is 22.7 Å². The third-order valence-corrected chi connectivity index (χ3v) is 7.05. The fourth-order valence-electron chi connectivity index (χ4n) is 4.24. The van der Waals surface area contributed by atoms with Crippen LogP contribution in [0, 0.1) is 0 Å². The van der Waals surface area contributed by atoms with Crippen molar-refractivity contribution in [2.24, 2.45) is 0 Å². The second-order valence-electron chi connectivity index (χ2n) is 8.21. The first-order valence-electron chi connectivity index (χ1n) is 10.5. The molecule has 2 amide bonds. The summed E-state index contributed by atoms with van der Waals surface area (Å²) in [5, 5.41) is 7.17. The van der Waals surface area contributed by atoms with E-state index in [2.05, 4.69) is 10.4 Å². The number of carbonyl (C=O) groups is 2. The van der Waals surface area contributed by atoms with Crippen LogP contribution in [0.25, 0.3) is 17.0 Å². The highest BCUT2D eigenvalue weighted by atomic mass is 35.5. The van der Waals surface area contributed by atoms with Crippen molar-refractivity contribution in [3.8, 4) is 0 Å². The summed E-state index contributed by atoms with van der Waals surface area (Å²) < 4.78 is 55.9. The molecule has 2 atom stereocenters. The van der Waals surface area contributed by atoms with Crippen molar-refractivity contribution in [3.05, 3.63) is 69.2 Å². The zero-order valence-corrected chi connectivity index (χ0v) is 19.4. The number of halogens is 5. The zero-order chi connectivity index (χ0) is 24.9. The number of thioether (sulfide) groups is 1. The summed E-state index contributed by atoms with van der Waals surface area (Å²) in [6.45, 7) is 0.182. The van der Waals surface area contributed by atoms with Gasteiger partial charge in [-0.15, -0.1) is 0 Å². The largest absolute Gasteiger partial charge is 0.416 e. The van der Waals surface area contributed by atoms with Gasteiger partial charge in [-0.3, -0.25) is 19.2 Å². The number of nitrogens with one attached hydrogen (secondary N) is 1. The number of benzene rings is 2. The van der Waals surface area contributed by atoms with Crippen molar-refractivity contribution in [1.82, 2.24) is 20.0 Å². The second-order valence-corrected chi connectivity index (χ2v) is 9.64. The van der Waals surface area contributed by atoms with E-state index in [1.54, 1.807) is 18.2 Å². The molecule has 2 aliphatic rings. The Labute approximate surface area is 205 Å². The van der Waals surface area contributed by atoms with Crippen molar-refractivity contribution >= 4 is 51.5 Å². The van der Waals surface area contributed by atoms with E-state index in [4.69, 9.17) is 11.6 Å². The maximum absolute atomic E-state index is 14.1. The van der Waals surface area contributed by atoms with Gasteiger partial charge in [0.1, 0.15) is 6.17 Å². The zero-order valence-electron chi connectivity index (χ0n) is 17.9. The molecule has 1 aromatic heterocycles. The molecule has 2 aromatic carbocycles. The van der Waals surface area contributed by atoms with E-state index in [-0.39, 0.29) is 35.1 Å². The summed E-state index contributed by atoms with van der Waals surface area (Å²) in [6.07, 6.45) is -2.82. The number of hydrogen-bond donors (Lipinski definition) is 1. The average Bonchev–Trinajstić information content (AvgIpc) is 3.46. The summed E-state index contributed by atoms with van der Waals surface area (Å²) in [4.78, 5) is 26.3. The van der Waals surface area contributed by atoms with E-state index in [0.29, 0.717) is 16.5 Å². The molecule has 182 valence electrons. The summed E-state index contributed by atoms with van der Waals surface area (Å²) in [5.41, 5.74) is 0.396. The van der Waals surface area contributed by atoms with Gasteiger partial charge < -0.3 is 5.32 Å². The molecule has 5 rings (SSSR count). The first kappa shape index (κ1) is 23.8. The number of carbonyl (C=O) groups excluding carboxylic acids is 2. The third-order valence-electron chi connectivity index (χ3n) is 5.93. The lowest BCUT2D eigenvalue weighted by Crippen LogP contribution is -2.44. The summed E-state index contributed by atoms with van der Waals surface area (Å²) >= 11 is 6.51. The molecular formula is C23H17ClF4N4O2S. The number of nitrogens with zero attached hydrogens (tertiary/aromatic N) is 3. The van der Waals surface area contributed by atoms with Crippen LogP contribution < -0.4 is 5.32 Å². The highest BCUT2D eigenvalue weighted by molar-refractivity contribution is 8.18. The Morgan fingerprint density at radius 2 is 1.97 bits per heavy atom. The maximum atomic E-state index is 14.1. The summed E-state index contributed by atoms with van der Waals surface area (Å²) in [5.74, 6) is -0.547.